The third-order valence-corrected chi connectivity index (χ3v) is 6.27. The maximum absolute atomic E-state index is 13.2. The number of rotatable bonds is 3. The molecule has 0 spiro atoms. The molecule has 10 heteroatoms. The number of piperazine rings is 1. The van der Waals surface area contributed by atoms with Gasteiger partial charge in [-0.15, -0.1) is 0 Å². The van der Waals surface area contributed by atoms with E-state index in [4.69, 9.17) is 11.6 Å². The first-order valence-corrected chi connectivity index (χ1v) is 10.6. The van der Waals surface area contributed by atoms with Gasteiger partial charge in [0.2, 0.25) is 5.91 Å². The fraction of sp³-hybridized carbons (Fsp3) is 0.409. The number of aryl methyl sites for hydroxylation is 2. The standard InChI is InChI=1S/C22H22ClF3N4O2/c1-13-4-3-5-14(2)19(13)30-18(31)11-17(21(30)32)28-6-8-29(9-7-28)20-16(23)10-15(12-27-20)22(24,25)26/h3-5,10,12,17H,6-9,11H2,1-2H3. The summed E-state index contributed by atoms with van der Waals surface area (Å²) < 4.78 is 38.6. The van der Waals surface area contributed by atoms with Crippen LogP contribution >= 0.6 is 11.6 Å². The molecule has 2 aliphatic heterocycles. The van der Waals surface area contributed by atoms with Gasteiger partial charge in [0.25, 0.3) is 5.91 Å². The van der Waals surface area contributed by atoms with Crippen LogP contribution in [0.5, 0.6) is 0 Å². The largest absolute Gasteiger partial charge is 0.417 e. The van der Waals surface area contributed by atoms with E-state index in [0.29, 0.717) is 31.9 Å². The molecule has 1 aromatic carbocycles. The van der Waals surface area contributed by atoms with Gasteiger partial charge >= 0.3 is 6.18 Å². The van der Waals surface area contributed by atoms with Crippen molar-refractivity contribution in [2.45, 2.75) is 32.5 Å². The van der Waals surface area contributed by atoms with Gasteiger partial charge in [0.15, 0.2) is 0 Å². The number of benzene rings is 1. The summed E-state index contributed by atoms with van der Waals surface area (Å²) in [5, 5.41) is -0.0680. The van der Waals surface area contributed by atoms with Crippen molar-refractivity contribution in [3.8, 4) is 0 Å². The Kier molecular flexibility index (Phi) is 5.89. The van der Waals surface area contributed by atoms with Crippen LogP contribution < -0.4 is 9.80 Å². The summed E-state index contributed by atoms with van der Waals surface area (Å²) in [7, 11) is 0. The fourth-order valence-electron chi connectivity index (χ4n) is 4.36. The third kappa shape index (κ3) is 4.06. The first kappa shape index (κ1) is 22.5. The number of carbonyl (C=O) groups is 2. The highest BCUT2D eigenvalue weighted by atomic mass is 35.5. The van der Waals surface area contributed by atoms with Gasteiger partial charge in [0.1, 0.15) is 5.82 Å². The lowest BCUT2D eigenvalue weighted by Gasteiger charge is -2.37. The number of anilines is 2. The van der Waals surface area contributed by atoms with Crippen LogP contribution in [0.15, 0.2) is 30.5 Å². The highest BCUT2D eigenvalue weighted by Crippen LogP contribution is 2.35. The van der Waals surface area contributed by atoms with Crippen LogP contribution in [0.3, 0.4) is 0 Å². The first-order valence-electron chi connectivity index (χ1n) is 10.2. The Morgan fingerprint density at radius 1 is 1.06 bits per heavy atom. The fourth-order valence-corrected chi connectivity index (χ4v) is 4.64. The molecular formula is C22H22ClF3N4O2. The molecule has 1 unspecified atom stereocenters. The van der Waals surface area contributed by atoms with Crippen molar-refractivity contribution in [2.75, 3.05) is 36.0 Å². The van der Waals surface area contributed by atoms with Crippen LogP contribution in [-0.2, 0) is 15.8 Å². The number of imide groups is 1. The molecule has 2 aliphatic rings. The maximum atomic E-state index is 13.2. The molecule has 32 heavy (non-hydrogen) atoms. The lowest BCUT2D eigenvalue weighted by molar-refractivity contribution is -0.137. The summed E-state index contributed by atoms with van der Waals surface area (Å²) >= 11 is 6.07. The Labute approximate surface area is 188 Å². The molecule has 0 saturated carbocycles. The molecule has 1 atom stereocenters. The zero-order valence-corrected chi connectivity index (χ0v) is 18.4. The van der Waals surface area contributed by atoms with E-state index in [2.05, 4.69) is 4.98 Å². The Morgan fingerprint density at radius 2 is 1.69 bits per heavy atom. The SMILES string of the molecule is Cc1cccc(C)c1N1C(=O)CC(N2CCN(c3ncc(C(F)(F)F)cc3Cl)CC2)C1=O. The van der Waals surface area contributed by atoms with Gasteiger partial charge in [-0.05, 0) is 31.0 Å². The lowest BCUT2D eigenvalue weighted by Crippen LogP contribution is -2.53. The molecule has 2 aromatic rings. The second-order valence-corrected chi connectivity index (χ2v) is 8.49. The number of hydrogen-bond acceptors (Lipinski definition) is 5. The highest BCUT2D eigenvalue weighted by molar-refractivity contribution is 6.33. The predicted molar refractivity (Wildman–Crippen MR) is 115 cm³/mol. The van der Waals surface area contributed by atoms with Crippen molar-refractivity contribution in [1.29, 1.82) is 0 Å². The number of nitrogens with zero attached hydrogens (tertiary/aromatic N) is 4. The number of amides is 2. The lowest BCUT2D eigenvalue weighted by atomic mass is 10.1. The molecule has 1 aromatic heterocycles. The van der Waals surface area contributed by atoms with Crippen LogP contribution in [0.4, 0.5) is 24.7 Å². The van der Waals surface area contributed by atoms with E-state index in [1.165, 1.54) is 4.90 Å². The van der Waals surface area contributed by atoms with Crippen molar-refractivity contribution in [3.63, 3.8) is 0 Å². The monoisotopic (exact) mass is 466 g/mol. The Morgan fingerprint density at radius 3 is 2.25 bits per heavy atom. The smallest absolute Gasteiger partial charge is 0.353 e. The number of carbonyl (C=O) groups excluding carboxylic acids is 2. The second kappa shape index (κ2) is 8.37. The van der Waals surface area contributed by atoms with Crippen molar-refractivity contribution in [3.05, 3.63) is 52.2 Å². The molecule has 2 saturated heterocycles. The number of alkyl halides is 3. The van der Waals surface area contributed by atoms with Gasteiger partial charge in [-0.3, -0.25) is 14.5 Å². The second-order valence-electron chi connectivity index (χ2n) is 8.08. The van der Waals surface area contributed by atoms with E-state index in [9.17, 15) is 22.8 Å². The van der Waals surface area contributed by atoms with E-state index in [0.717, 1.165) is 23.4 Å². The summed E-state index contributed by atoms with van der Waals surface area (Å²) in [5.74, 6) is -0.191. The molecule has 0 radical (unpaired) electrons. The molecule has 2 fully saturated rings. The molecule has 170 valence electrons. The van der Waals surface area contributed by atoms with Crippen molar-refractivity contribution in [2.24, 2.45) is 0 Å². The normalized spacial score (nSPS) is 20.4. The molecule has 2 amide bonds. The Hall–Kier alpha value is -2.65. The van der Waals surface area contributed by atoms with Crippen molar-refractivity contribution >= 4 is 34.9 Å². The summed E-state index contributed by atoms with van der Waals surface area (Å²) in [6.07, 6.45) is -3.63. The Bertz CT molecular complexity index is 1050. The van der Waals surface area contributed by atoms with Gasteiger partial charge in [-0.1, -0.05) is 29.8 Å². The van der Waals surface area contributed by atoms with Crippen LogP contribution in [0, 0.1) is 13.8 Å². The molecule has 6 nitrogen and oxygen atoms in total. The van der Waals surface area contributed by atoms with Gasteiger partial charge in [0, 0.05) is 32.4 Å². The number of hydrogen-bond donors (Lipinski definition) is 0. The number of halogens is 4. The van der Waals surface area contributed by atoms with Gasteiger partial charge in [0.05, 0.1) is 28.7 Å². The predicted octanol–water partition coefficient (Wildman–Crippen LogP) is 3.82. The van der Waals surface area contributed by atoms with Crippen LogP contribution in [0.2, 0.25) is 5.02 Å². The van der Waals surface area contributed by atoms with Crippen LogP contribution in [0.1, 0.15) is 23.1 Å². The molecule has 4 rings (SSSR count). The molecule has 0 aliphatic carbocycles. The van der Waals surface area contributed by atoms with E-state index in [1.807, 2.05) is 36.9 Å². The summed E-state index contributed by atoms with van der Waals surface area (Å²) in [6, 6.07) is 5.94. The Balaban J connectivity index is 1.46. The summed E-state index contributed by atoms with van der Waals surface area (Å²) in [4.78, 5) is 34.8. The van der Waals surface area contributed by atoms with E-state index in [1.54, 1.807) is 4.90 Å². The maximum Gasteiger partial charge on any atom is 0.417 e. The van der Waals surface area contributed by atoms with Gasteiger partial charge in [-0.2, -0.15) is 13.2 Å². The minimum Gasteiger partial charge on any atom is -0.353 e. The average molecular weight is 467 g/mol. The van der Waals surface area contributed by atoms with Gasteiger partial charge in [-0.25, -0.2) is 9.88 Å². The van der Waals surface area contributed by atoms with E-state index < -0.39 is 17.8 Å². The topological polar surface area (TPSA) is 56.8 Å². The minimum atomic E-state index is -4.51. The van der Waals surface area contributed by atoms with Crippen molar-refractivity contribution in [1.82, 2.24) is 9.88 Å². The number of aromatic nitrogens is 1. The van der Waals surface area contributed by atoms with Gasteiger partial charge < -0.3 is 4.90 Å². The van der Waals surface area contributed by atoms with E-state index >= 15 is 0 Å². The minimum absolute atomic E-state index is 0.0680. The molecule has 3 heterocycles. The quantitative estimate of drug-likeness (QED) is 0.644. The van der Waals surface area contributed by atoms with Crippen molar-refractivity contribution < 1.29 is 22.8 Å². The summed E-state index contributed by atoms with van der Waals surface area (Å²) in [5.41, 5.74) is 1.47. The number of pyridine rings is 1. The summed E-state index contributed by atoms with van der Waals surface area (Å²) in [6.45, 7) is 5.52. The highest BCUT2D eigenvalue weighted by Gasteiger charge is 2.44. The third-order valence-electron chi connectivity index (χ3n) is 5.99. The first-order chi connectivity index (χ1) is 15.1. The molecule has 0 bridgehead atoms. The van der Waals surface area contributed by atoms with E-state index in [-0.39, 0.29) is 29.1 Å². The van der Waals surface area contributed by atoms with Crippen LogP contribution in [-0.4, -0.2) is 53.9 Å². The zero-order valence-electron chi connectivity index (χ0n) is 17.6. The number of para-hydroxylation sites is 1. The molecular weight excluding hydrogens is 445 g/mol. The molecule has 0 N–H and O–H groups in total. The van der Waals surface area contributed by atoms with Crippen LogP contribution in [0.25, 0.3) is 0 Å². The average Bonchev–Trinajstić information content (AvgIpc) is 3.02. The zero-order chi connectivity index (χ0) is 23.2.